The Balaban J connectivity index is 1.23. The molecule has 0 aliphatic carbocycles. The van der Waals surface area contributed by atoms with Gasteiger partial charge in [0.1, 0.15) is 5.82 Å². The van der Waals surface area contributed by atoms with Gasteiger partial charge in [0.2, 0.25) is 0 Å². The van der Waals surface area contributed by atoms with Gasteiger partial charge in [0.15, 0.2) is 17.5 Å². The van der Waals surface area contributed by atoms with Crippen LogP contribution in [0.25, 0.3) is 89.8 Å². The Morgan fingerprint density at radius 1 is 0.308 bits per heavy atom. The molecule has 0 atom stereocenters. The van der Waals surface area contributed by atoms with E-state index >= 15 is 0 Å². The molecule has 52 heavy (non-hydrogen) atoms. The lowest BCUT2D eigenvalue weighted by atomic mass is 10.1. The minimum Gasteiger partial charge on any atom is -0.309 e. The predicted molar refractivity (Wildman–Crippen MR) is 211 cm³/mol. The van der Waals surface area contributed by atoms with E-state index in [0.717, 1.165) is 72.3 Å². The Labute approximate surface area is 300 Å². The number of imidazole rings is 1. The molecule has 0 N–H and O–H groups in total. The van der Waals surface area contributed by atoms with Crippen LogP contribution in [0.15, 0.2) is 182 Å². The number of aromatic nitrogens is 6. The maximum absolute atomic E-state index is 5.11. The number of benzene rings is 7. The lowest BCUT2D eigenvalue weighted by molar-refractivity contribution is 1.07. The molecule has 0 aliphatic rings. The summed E-state index contributed by atoms with van der Waals surface area (Å²) < 4.78 is 4.60. The molecule has 0 bridgehead atoms. The molecule has 0 radical (unpaired) electrons. The molecule has 244 valence electrons. The van der Waals surface area contributed by atoms with Crippen LogP contribution in [-0.2, 0) is 0 Å². The van der Waals surface area contributed by atoms with E-state index in [1.165, 1.54) is 0 Å². The van der Waals surface area contributed by atoms with Gasteiger partial charge in [-0.25, -0.2) is 19.9 Å². The van der Waals surface area contributed by atoms with Gasteiger partial charge in [-0.2, -0.15) is 0 Å². The second-order valence-electron chi connectivity index (χ2n) is 12.8. The Kier molecular flexibility index (Phi) is 7.03. The maximum atomic E-state index is 5.11. The molecule has 7 aromatic carbocycles. The van der Waals surface area contributed by atoms with Gasteiger partial charge >= 0.3 is 0 Å². The second-order valence-corrected chi connectivity index (χ2v) is 12.8. The smallest absolute Gasteiger partial charge is 0.164 e. The monoisotopic (exact) mass is 666 g/mol. The van der Waals surface area contributed by atoms with Gasteiger partial charge in [-0.05, 0) is 60.7 Å². The summed E-state index contributed by atoms with van der Waals surface area (Å²) in [6.45, 7) is 0. The largest absolute Gasteiger partial charge is 0.309 e. The molecule has 6 nitrogen and oxygen atoms in total. The van der Waals surface area contributed by atoms with Crippen molar-refractivity contribution >= 4 is 32.8 Å². The molecule has 0 saturated carbocycles. The summed E-state index contributed by atoms with van der Waals surface area (Å²) in [6.07, 6.45) is 0. The first-order chi connectivity index (χ1) is 25.8. The second kappa shape index (κ2) is 12.3. The molecule has 3 heterocycles. The van der Waals surface area contributed by atoms with E-state index in [9.17, 15) is 0 Å². The minimum absolute atomic E-state index is 0.623. The van der Waals surface area contributed by atoms with Crippen LogP contribution in [0.3, 0.4) is 0 Å². The third-order valence-electron chi connectivity index (χ3n) is 9.57. The van der Waals surface area contributed by atoms with Crippen molar-refractivity contribution in [2.24, 2.45) is 0 Å². The number of nitrogens with zero attached hydrogens (tertiary/aromatic N) is 6. The van der Waals surface area contributed by atoms with Crippen molar-refractivity contribution in [1.29, 1.82) is 0 Å². The fourth-order valence-electron chi connectivity index (χ4n) is 7.15. The van der Waals surface area contributed by atoms with E-state index in [-0.39, 0.29) is 0 Å². The minimum atomic E-state index is 0.623. The van der Waals surface area contributed by atoms with Gasteiger partial charge in [-0.1, -0.05) is 121 Å². The van der Waals surface area contributed by atoms with Gasteiger partial charge in [0.25, 0.3) is 0 Å². The van der Waals surface area contributed by atoms with Gasteiger partial charge < -0.3 is 4.57 Å². The first-order valence-corrected chi connectivity index (χ1v) is 17.3. The van der Waals surface area contributed by atoms with Crippen LogP contribution in [0.4, 0.5) is 0 Å². The van der Waals surface area contributed by atoms with E-state index < -0.39 is 0 Å². The highest BCUT2D eigenvalue weighted by molar-refractivity contribution is 6.11. The summed E-state index contributed by atoms with van der Waals surface area (Å²) in [5.41, 5.74) is 10.2. The SMILES string of the molecule is c1ccc(-c2nc(-c3ccccc3)nc(-c3ccc4c(c3)c3cc(-n5c(-c6ccccc6)nc6ccccc65)ccc3n4-c3ccccc3)n2)cc1. The summed E-state index contributed by atoms with van der Waals surface area (Å²) in [5, 5.41) is 2.22. The highest BCUT2D eigenvalue weighted by Gasteiger charge is 2.19. The van der Waals surface area contributed by atoms with E-state index in [0.29, 0.717) is 17.5 Å². The molecule has 0 aliphatic heterocycles. The predicted octanol–water partition coefficient (Wildman–Crippen LogP) is 11.0. The quantitative estimate of drug-likeness (QED) is 0.177. The Hall–Kier alpha value is -7.18. The van der Waals surface area contributed by atoms with E-state index in [2.05, 4.69) is 118 Å². The fraction of sp³-hybridized carbons (Fsp3) is 0. The van der Waals surface area contributed by atoms with Gasteiger partial charge in [-0.15, -0.1) is 0 Å². The van der Waals surface area contributed by atoms with Crippen molar-refractivity contribution in [3.05, 3.63) is 182 Å². The molecule has 0 saturated heterocycles. The standard InChI is InChI=1S/C46H30N6/c1-5-15-31(16-6-1)43-48-44(32-17-7-2-8-18-32)50-45(49-43)34-25-27-40-37(29-34)38-30-36(26-28-41(38)51(40)35-21-11-4-12-22-35)52-42-24-14-13-23-39(42)47-46(52)33-19-9-3-10-20-33/h1-30H. The average molecular weight is 667 g/mol. The fourth-order valence-corrected chi connectivity index (χ4v) is 7.15. The summed E-state index contributed by atoms with van der Waals surface area (Å²) in [4.78, 5) is 20.1. The van der Waals surface area contributed by atoms with Crippen LogP contribution in [0, 0.1) is 0 Å². The Bertz CT molecular complexity index is 2820. The van der Waals surface area contributed by atoms with Crippen LogP contribution in [0.2, 0.25) is 0 Å². The number of hydrogen-bond donors (Lipinski definition) is 0. The summed E-state index contributed by atoms with van der Waals surface area (Å²) >= 11 is 0. The van der Waals surface area contributed by atoms with Crippen molar-refractivity contribution in [2.45, 2.75) is 0 Å². The molecule has 10 rings (SSSR count). The molecular weight excluding hydrogens is 637 g/mol. The third kappa shape index (κ3) is 5.05. The summed E-state index contributed by atoms with van der Waals surface area (Å²) in [7, 11) is 0. The van der Waals surface area contributed by atoms with E-state index in [1.807, 2.05) is 72.8 Å². The first kappa shape index (κ1) is 29.7. The summed E-state index contributed by atoms with van der Waals surface area (Å²) in [5.74, 6) is 2.80. The van der Waals surface area contributed by atoms with Gasteiger partial charge in [0.05, 0.1) is 22.1 Å². The van der Waals surface area contributed by atoms with E-state index in [1.54, 1.807) is 0 Å². The Morgan fingerprint density at radius 2 is 0.808 bits per heavy atom. The van der Waals surface area contributed by atoms with Crippen LogP contribution < -0.4 is 0 Å². The lowest BCUT2D eigenvalue weighted by Crippen LogP contribution is -2.00. The third-order valence-corrected chi connectivity index (χ3v) is 9.57. The zero-order valence-electron chi connectivity index (χ0n) is 28.0. The normalized spacial score (nSPS) is 11.5. The van der Waals surface area contributed by atoms with Crippen molar-refractivity contribution < 1.29 is 0 Å². The Morgan fingerprint density at radius 3 is 1.44 bits per heavy atom. The van der Waals surface area contributed by atoms with Crippen LogP contribution in [0.5, 0.6) is 0 Å². The molecule has 0 unspecified atom stereocenters. The van der Waals surface area contributed by atoms with E-state index in [4.69, 9.17) is 19.9 Å². The number of hydrogen-bond acceptors (Lipinski definition) is 4. The summed E-state index contributed by atoms with van der Waals surface area (Å²) in [6, 6.07) is 62.7. The van der Waals surface area contributed by atoms with Crippen molar-refractivity contribution in [3.8, 4) is 56.9 Å². The highest BCUT2D eigenvalue weighted by Crippen LogP contribution is 2.38. The van der Waals surface area contributed by atoms with Crippen molar-refractivity contribution in [1.82, 2.24) is 29.1 Å². The zero-order valence-corrected chi connectivity index (χ0v) is 28.0. The molecule has 6 heteroatoms. The van der Waals surface area contributed by atoms with Crippen LogP contribution >= 0.6 is 0 Å². The number of fused-ring (bicyclic) bond motifs is 4. The van der Waals surface area contributed by atoms with Crippen LogP contribution in [-0.4, -0.2) is 29.1 Å². The molecule has 0 amide bonds. The molecule has 10 aromatic rings. The average Bonchev–Trinajstić information content (AvgIpc) is 3.78. The molecule has 3 aromatic heterocycles. The van der Waals surface area contributed by atoms with Gasteiger partial charge in [-0.3, -0.25) is 4.57 Å². The maximum Gasteiger partial charge on any atom is 0.164 e. The van der Waals surface area contributed by atoms with Crippen molar-refractivity contribution in [2.75, 3.05) is 0 Å². The van der Waals surface area contributed by atoms with Crippen molar-refractivity contribution in [3.63, 3.8) is 0 Å². The molecule has 0 fully saturated rings. The molecule has 0 spiro atoms. The topological polar surface area (TPSA) is 61.4 Å². The van der Waals surface area contributed by atoms with Gasteiger partial charge in [0, 0.05) is 44.4 Å². The zero-order chi connectivity index (χ0) is 34.4. The highest BCUT2D eigenvalue weighted by atomic mass is 15.1. The first-order valence-electron chi connectivity index (χ1n) is 17.3. The number of para-hydroxylation sites is 3. The molecular formula is C46H30N6. The number of rotatable bonds is 6. The van der Waals surface area contributed by atoms with Crippen LogP contribution in [0.1, 0.15) is 0 Å². The lowest BCUT2D eigenvalue weighted by Gasteiger charge is -2.11.